The number of nitrogens with one attached hydrogen (secondary N) is 2. The normalized spacial score (nSPS) is 10.1. The minimum Gasteiger partial charge on any atom is -0.494 e. The van der Waals surface area contributed by atoms with E-state index in [9.17, 15) is 4.79 Å². The van der Waals surface area contributed by atoms with Crippen LogP contribution in [0.5, 0.6) is 5.75 Å². The van der Waals surface area contributed by atoms with Crippen LogP contribution in [0.3, 0.4) is 0 Å². The molecule has 1 aromatic carbocycles. The van der Waals surface area contributed by atoms with Gasteiger partial charge in [-0.3, -0.25) is 10.1 Å². The van der Waals surface area contributed by atoms with Crippen molar-refractivity contribution in [1.29, 1.82) is 0 Å². The second-order valence-electron chi connectivity index (χ2n) is 3.54. The summed E-state index contributed by atoms with van der Waals surface area (Å²) >= 11 is 0. The van der Waals surface area contributed by atoms with Crippen LogP contribution in [0.25, 0.3) is 0 Å². The number of H-pyrrole nitrogens is 1. The van der Waals surface area contributed by atoms with Crippen LogP contribution in [0.4, 0.5) is 5.95 Å². The van der Waals surface area contributed by atoms with E-state index in [4.69, 9.17) is 4.74 Å². The number of hydrogen-bond donors (Lipinski definition) is 2. The topological polar surface area (TPSA) is 92.8 Å². The maximum absolute atomic E-state index is 11.6. The third kappa shape index (κ3) is 3.27. The Balaban J connectivity index is 1.90. The lowest BCUT2D eigenvalue weighted by Gasteiger charge is -2.04. The van der Waals surface area contributed by atoms with Crippen LogP contribution in [-0.2, 0) is 11.2 Å². The van der Waals surface area contributed by atoms with Gasteiger partial charge >= 0.3 is 0 Å². The van der Waals surface area contributed by atoms with Gasteiger partial charge in [-0.2, -0.15) is 5.21 Å². The van der Waals surface area contributed by atoms with Crippen molar-refractivity contribution >= 4 is 11.9 Å². The maximum atomic E-state index is 11.6. The van der Waals surface area contributed by atoms with E-state index in [2.05, 4.69) is 25.9 Å². The fourth-order valence-electron chi connectivity index (χ4n) is 1.44. The lowest BCUT2D eigenvalue weighted by molar-refractivity contribution is -0.115. The van der Waals surface area contributed by atoms with Crippen LogP contribution < -0.4 is 10.1 Å². The summed E-state index contributed by atoms with van der Waals surface area (Å²) < 4.78 is 5.32. The maximum Gasteiger partial charge on any atom is 0.269 e. The van der Waals surface area contributed by atoms with Gasteiger partial charge in [0.25, 0.3) is 5.95 Å². The molecule has 0 fully saturated rings. The van der Waals surface area contributed by atoms with Crippen molar-refractivity contribution in [1.82, 2.24) is 20.6 Å². The number of aromatic nitrogens is 4. The molecule has 1 aromatic heterocycles. The van der Waals surface area contributed by atoms with Crippen molar-refractivity contribution in [3.05, 3.63) is 29.8 Å². The summed E-state index contributed by atoms with van der Waals surface area (Å²) in [4.78, 5) is 11.6. The zero-order chi connectivity index (χ0) is 12.8. The van der Waals surface area contributed by atoms with Crippen molar-refractivity contribution in [3.63, 3.8) is 0 Å². The van der Waals surface area contributed by atoms with Gasteiger partial charge in [0.2, 0.25) is 5.91 Å². The van der Waals surface area contributed by atoms with Crippen molar-refractivity contribution in [3.8, 4) is 5.75 Å². The molecule has 0 aliphatic heterocycles. The molecule has 0 aliphatic rings. The minimum absolute atomic E-state index is 0.172. The van der Waals surface area contributed by atoms with E-state index in [1.165, 1.54) is 0 Å². The van der Waals surface area contributed by atoms with E-state index in [1.54, 1.807) is 0 Å². The molecule has 0 saturated carbocycles. The number of carbonyl (C=O) groups is 1. The van der Waals surface area contributed by atoms with Crippen molar-refractivity contribution < 1.29 is 9.53 Å². The van der Waals surface area contributed by atoms with E-state index in [0.29, 0.717) is 6.61 Å². The standard InChI is InChI=1S/C11H13N5O2/c1-2-18-9-5-3-8(4-6-9)7-10(17)12-11-13-15-16-14-11/h3-6H,2,7H2,1H3,(H2,12,13,14,15,16,17). The Morgan fingerprint density at radius 1 is 1.39 bits per heavy atom. The molecule has 0 spiro atoms. The molecular weight excluding hydrogens is 234 g/mol. The first-order valence-corrected chi connectivity index (χ1v) is 5.53. The summed E-state index contributed by atoms with van der Waals surface area (Å²) in [6, 6.07) is 7.36. The van der Waals surface area contributed by atoms with Crippen LogP contribution in [0, 0.1) is 0 Å². The molecule has 0 bridgehead atoms. The molecule has 0 aliphatic carbocycles. The van der Waals surface area contributed by atoms with E-state index in [1.807, 2.05) is 31.2 Å². The molecular formula is C11H13N5O2. The molecule has 1 heterocycles. The van der Waals surface area contributed by atoms with Gasteiger partial charge in [0.1, 0.15) is 5.75 Å². The highest BCUT2D eigenvalue weighted by molar-refractivity contribution is 5.90. The van der Waals surface area contributed by atoms with Crippen molar-refractivity contribution in [2.45, 2.75) is 13.3 Å². The van der Waals surface area contributed by atoms with Crippen LogP contribution in [0.1, 0.15) is 12.5 Å². The number of nitrogens with zero attached hydrogens (tertiary/aromatic N) is 3. The highest BCUT2D eigenvalue weighted by Crippen LogP contribution is 2.12. The van der Waals surface area contributed by atoms with Gasteiger partial charge in [0.15, 0.2) is 0 Å². The summed E-state index contributed by atoms with van der Waals surface area (Å²) in [6.45, 7) is 2.55. The Morgan fingerprint density at radius 2 is 2.17 bits per heavy atom. The first kappa shape index (κ1) is 12.0. The fourth-order valence-corrected chi connectivity index (χ4v) is 1.44. The van der Waals surface area contributed by atoms with E-state index < -0.39 is 0 Å². The van der Waals surface area contributed by atoms with Gasteiger partial charge in [-0.15, -0.1) is 5.10 Å². The minimum atomic E-state index is -0.194. The van der Waals surface area contributed by atoms with Gasteiger partial charge in [0, 0.05) is 0 Å². The van der Waals surface area contributed by atoms with E-state index in [-0.39, 0.29) is 18.3 Å². The number of amides is 1. The number of aromatic amines is 1. The zero-order valence-electron chi connectivity index (χ0n) is 9.88. The molecule has 0 saturated heterocycles. The molecule has 0 unspecified atom stereocenters. The van der Waals surface area contributed by atoms with Crippen LogP contribution in [0.15, 0.2) is 24.3 Å². The predicted molar refractivity (Wildman–Crippen MR) is 64.1 cm³/mol. The molecule has 0 atom stereocenters. The summed E-state index contributed by atoms with van der Waals surface area (Å²) in [5, 5.41) is 15.4. The summed E-state index contributed by atoms with van der Waals surface area (Å²) in [5.74, 6) is 0.770. The predicted octanol–water partition coefficient (Wildman–Crippen LogP) is 0.780. The second-order valence-corrected chi connectivity index (χ2v) is 3.54. The molecule has 2 N–H and O–H groups in total. The van der Waals surface area contributed by atoms with Crippen molar-refractivity contribution in [2.75, 3.05) is 11.9 Å². The van der Waals surface area contributed by atoms with Gasteiger partial charge < -0.3 is 4.74 Å². The molecule has 7 nitrogen and oxygen atoms in total. The largest absolute Gasteiger partial charge is 0.494 e. The van der Waals surface area contributed by atoms with Crippen LogP contribution in [0.2, 0.25) is 0 Å². The monoisotopic (exact) mass is 247 g/mol. The lowest BCUT2D eigenvalue weighted by atomic mass is 10.1. The average Bonchev–Trinajstić information content (AvgIpc) is 2.84. The molecule has 18 heavy (non-hydrogen) atoms. The quantitative estimate of drug-likeness (QED) is 0.814. The number of hydrogen-bond acceptors (Lipinski definition) is 5. The smallest absolute Gasteiger partial charge is 0.269 e. The third-order valence-electron chi connectivity index (χ3n) is 2.20. The second kappa shape index (κ2) is 5.76. The molecule has 94 valence electrons. The fraction of sp³-hybridized carbons (Fsp3) is 0.273. The molecule has 1 amide bonds. The van der Waals surface area contributed by atoms with E-state index >= 15 is 0 Å². The Labute approximate surface area is 104 Å². The van der Waals surface area contributed by atoms with Gasteiger partial charge in [-0.1, -0.05) is 17.2 Å². The number of anilines is 1. The van der Waals surface area contributed by atoms with Gasteiger partial charge in [0.05, 0.1) is 13.0 Å². The number of benzene rings is 1. The number of ether oxygens (including phenoxy) is 1. The Hall–Kier alpha value is -2.44. The number of rotatable bonds is 5. The summed E-state index contributed by atoms with van der Waals surface area (Å²) in [7, 11) is 0. The average molecular weight is 247 g/mol. The Kier molecular flexibility index (Phi) is 3.85. The van der Waals surface area contributed by atoms with E-state index in [0.717, 1.165) is 11.3 Å². The molecule has 2 aromatic rings. The van der Waals surface area contributed by atoms with Crippen LogP contribution >= 0.6 is 0 Å². The highest BCUT2D eigenvalue weighted by atomic mass is 16.5. The Bertz CT molecular complexity index is 495. The molecule has 7 heteroatoms. The third-order valence-corrected chi connectivity index (χ3v) is 2.20. The lowest BCUT2D eigenvalue weighted by Crippen LogP contribution is -2.15. The molecule has 2 rings (SSSR count). The zero-order valence-corrected chi connectivity index (χ0v) is 9.88. The SMILES string of the molecule is CCOc1ccc(CC(=O)Nc2nn[nH]n2)cc1. The first-order chi connectivity index (χ1) is 8.78. The van der Waals surface area contributed by atoms with Gasteiger partial charge in [-0.05, 0) is 29.8 Å². The summed E-state index contributed by atoms with van der Waals surface area (Å²) in [6.07, 6.45) is 0.251. The van der Waals surface area contributed by atoms with Gasteiger partial charge in [-0.25, -0.2) is 0 Å². The number of carbonyl (C=O) groups excluding carboxylic acids is 1. The first-order valence-electron chi connectivity index (χ1n) is 5.53. The summed E-state index contributed by atoms with van der Waals surface area (Å²) in [5.41, 5.74) is 0.888. The van der Waals surface area contributed by atoms with Crippen LogP contribution in [-0.4, -0.2) is 33.1 Å². The van der Waals surface area contributed by atoms with Crippen molar-refractivity contribution in [2.24, 2.45) is 0 Å². The molecule has 0 radical (unpaired) electrons. The Morgan fingerprint density at radius 3 is 2.78 bits per heavy atom. The number of tetrazole rings is 1. The highest BCUT2D eigenvalue weighted by Gasteiger charge is 2.06.